The number of benzene rings is 1. The quantitative estimate of drug-likeness (QED) is 0.793. The molecule has 0 spiro atoms. The van der Waals surface area contributed by atoms with Gasteiger partial charge in [-0.2, -0.15) is 0 Å². The van der Waals surface area contributed by atoms with Gasteiger partial charge in [0.05, 0.1) is 17.2 Å². The topological polar surface area (TPSA) is 70.2 Å². The lowest BCUT2D eigenvalue weighted by Gasteiger charge is -2.22. The fourth-order valence-electron chi connectivity index (χ4n) is 2.59. The first-order chi connectivity index (χ1) is 10.2. The van der Waals surface area contributed by atoms with E-state index in [4.69, 9.17) is 0 Å². The second kappa shape index (κ2) is 7.61. The number of hydrogen-bond acceptors (Lipinski definition) is 3. The third-order valence-corrected chi connectivity index (χ3v) is 4.01. The van der Waals surface area contributed by atoms with Gasteiger partial charge in [-0.25, -0.2) is 0 Å². The average Bonchev–Trinajstić information content (AvgIpc) is 3.32. The summed E-state index contributed by atoms with van der Waals surface area (Å²) in [6, 6.07) is 7.51. The summed E-state index contributed by atoms with van der Waals surface area (Å²) < 4.78 is 0. The van der Waals surface area contributed by atoms with Gasteiger partial charge in [0, 0.05) is 12.6 Å². The van der Waals surface area contributed by atoms with Crippen molar-refractivity contribution < 1.29 is 9.59 Å². The number of rotatable bonds is 4. The first-order valence-corrected chi connectivity index (χ1v) is 7.65. The standard InChI is InChI=1S/C16H21N3O2.ClH/c20-15(11-4-3-9-17-10-11)19-14-6-2-1-5-13(14)16(21)18-12-7-8-12;/h1-2,5-6,11-12,17H,3-4,7-10H2,(H,18,21)(H,19,20);1H/t11-;/m1./s1. The Labute approximate surface area is 136 Å². The van der Waals surface area contributed by atoms with Gasteiger partial charge in [-0.3, -0.25) is 9.59 Å². The highest BCUT2D eigenvalue weighted by Gasteiger charge is 2.26. The predicted octanol–water partition coefficient (Wildman–Crippen LogP) is 1.94. The zero-order valence-electron chi connectivity index (χ0n) is 12.4. The van der Waals surface area contributed by atoms with Crippen LogP contribution in [0.15, 0.2) is 24.3 Å². The minimum atomic E-state index is -0.102. The molecule has 6 heteroatoms. The van der Waals surface area contributed by atoms with Crippen molar-refractivity contribution in [2.75, 3.05) is 18.4 Å². The number of anilines is 1. The van der Waals surface area contributed by atoms with Crippen LogP contribution in [0.4, 0.5) is 5.69 Å². The van der Waals surface area contributed by atoms with Gasteiger partial charge in [-0.05, 0) is 44.4 Å². The van der Waals surface area contributed by atoms with Crippen molar-refractivity contribution in [1.29, 1.82) is 0 Å². The molecule has 2 aliphatic rings. The highest BCUT2D eigenvalue weighted by atomic mass is 35.5. The molecule has 1 atom stereocenters. The monoisotopic (exact) mass is 323 g/mol. The zero-order valence-corrected chi connectivity index (χ0v) is 13.2. The van der Waals surface area contributed by atoms with Crippen molar-refractivity contribution >= 4 is 29.9 Å². The SMILES string of the molecule is Cl.O=C(NC1CC1)c1ccccc1NC(=O)[C@@H]1CCCNC1. The van der Waals surface area contributed by atoms with Crippen LogP contribution < -0.4 is 16.0 Å². The Morgan fingerprint density at radius 3 is 2.59 bits per heavy atom. The van der Waals surface area contributed by atoms with Crippen molar-refractivity contribution in [2.24, 2.45) is 5.92 Å². The van der Waals surface area contributed by atoms with E-state index in [2.05, 4.69) is 16.0 Å². The number of hydrogen-bond donors (Lipinski definition) is 3. The summed E-state index contributed by atoms with van der Waals surface area (Å²) in [5.74, 6) is -0.123. The van der Waals surface area contributed by atoms with Crippen LogP contribution in [0.2, 0.25) is 0 Å². The van der Waals surface area contributed by atoms with Crippen LogP contribution >= 0.6 is 12.4 Å². The minimum absolute atomic E-state index is 0. The van der Waals surface area contributed by atoms with E-state index in [0.29, 0.717) is 23.8 Å². The highest BCUT2D eigenvalue weighted by molar-refractivity contribution is 6.04. The molecule has 5 nitrogen and oxygen atoms in total. The molecule has 1 aliphatic heterocycles. The molecule has 1 saturated carbocycles. The van der Waals surface area contributed by atoms with E-state index in [9.17, 15) is 9.59 Å². The van der Waals surface area contributed by atoms with Crippen molar-refractivity contribution in [2.45, 2.75) is 31.7 Å². The van der Waals surface area contributed by atoms with Crippen LogP contribution in [0, 0.1) is 5.92 Å². The number of carbonyl (C=O) groups is 2. The summed E-state index contributed by atoms with van der Waals surface area (Å²) in [5, 5.41) is 9.11. The fraction of sp³-hybridized carbons (Fsp3) is 0.500. The van der Waals surface area contributed by atoms with Gasteiger partial charge in [0.2, 0.25) is 5.91 Å². The molecule has 0 bridgehead atoms. The normalized spacial score (nSPS) is 20.6. The molecular weight excluding hydrogens is 302 g/mol. The fourth-order valence-corrected chi connectivity index (χ4v) is 2.59. The second-order valence-electron chi connectivity index (χ2n) is 5.83. The first-order valence-electron chi connectivity index (χ1n) is 7.65. The van der Waals surface area contributed by atoms with Gasteiger partial charge in [0.1, 0.15) is 0 Å². The van der Waals surface area contributed by atoms with E-state index in [-0.39, 0.29) is 30.1 Å². The van der Waals surface area contributed by atoms with Crippen molar-refractivity contribution in [3.05, 3.63) is 29.8 Å². The van der Waals surface area contributed by atoms with Crippen LogP contribution in [0.1, 0.15) is 36.0 Å². The maximum Gasteiger partial charge on any atom is 0.253 e. The summed E-state index contributed by atoms with van der Waals surface area (Å²) in [5.41, 5.74) is 1.15. The smallest absolute Gasteiger partial charge is 0.253 e. The van der Waals surface area contributed by atoms with Gasteiger partial charge >= 0.3 is 0 Å². The van der Waals surface area contributed by atoms with Gasteiger partial charge in [0.15, 0.2) is 0 Å². The number of piperidine rings is 1. The van der Waals surface area contributed by atoms with E-state index in [1.54, 1.807) is 12.1 Å². The van der Waals surface area contributed by atoms with E-state index in [0.717, 1.165) is 32.2 Å². The molecule has 1 aromatic rings. The first kappa shape index (κ1) is 16.8. The third-order valence-electron chi connectivity index (χ3n) is 4.01. The summed E-state index contributed by atoms with van der Waals surface area (Å²) in [4.78, 5) is 24.5. The van der Waals surface area contributed by atoms with Crippen LogP contribution in [0.3, 0.4) is 0 Å². The van der Waals surface area contributed by atoms with E-state index in [1.807, 2.05) is 12.1 Å². The second-order valence-corrected chi connectivity index (χ2v) is 5.83. The Balaban J connectivity index is 0.00000176. The van der Waals surface area contributed by atoms with Gasteiger partial charge in [-0.1, -0.05) is 12.1 Å². The van der Waals surface area contributed by atoms with E-state index >= 15 is 0 Å². The number of para-hydroxylation sites is 1. The van der Waals surface area contributed by atoms with Crippen molar-refractivity contribution in [3.63, 3.8) is 0 Å². The minimum Gasteiger partial charge on any atom is -0.349 e. The molecule has 1 aromatic carbocycles. The maximum absolute atomic E-state index is 12.3. The maximum atomic E-state index is 12.3. The summed E-state index contributed by atoms with van der Waals surface area (Å²) in [6.07, 6.45) is 4.01. The number of nitrogens with one attached hydrogen (secondary N) is 3. The van der Waals surface area contributed by atoms with E-state index in [1.165, 1.54) is 0 Å². The van der Waals surface area contributed by atoms with Gasteiger partial charge in [0.25, 0.3) is 5.91 Å². The lowest BCUT2D eigenvalue weighted by atomic mass is 9.98. The molecule has 0 radical (unpaired) electrons. The van der Waals surface area contributed by atoms with Crippen LogP contribution in [-0.4, -0.2) is 30.9 Å². The van der Waals surface area contributed by atoms with Crippen LogP contribution in [-0.2, 0) is 4.79 Å². The van der Waals surface area contributed by atoms with Gasteiger partial charge < -0.3 is 16.0 Å². The van der Waals surface area contributed by atoms with Crippen molar-refractivity contribution in [1.82, 2.24) is 10.6 Å². The Kier molecular flexibility index (Phi) is 5.80. The lowest BCUT2D eigenvalue weighted by Crippen LogP contribution is -2.37. The molecule has 1 heterocycles. The predicted molar refractivity (Wildman–Crippen MR) is 88.4 cm³/mol. The third kappa shape index (κ3) is 4.21. The number of carbonyl (C=O) groups excluding carboxylic acids is 2. The summed E-state index contributed by atoms with van der Waals surface area (Å²) >= 11 is 0. The highest BCUT2D eigenvalue weighted by Crippen LogP contribution is 2.22. The summed E-state index contributed by atoms with van der Waals surface area (Å²) in [6.45, 7) is 1.69. The molecule has 0 aromatic heterocycles. The Hall–Kier alpha value is -1.59. The van der Waals surface area contributed by atoms with Crippen LogP contribution in [0.25, 0.3) is 0 Å². The molecule has 3 rings (SSSR count). The summed E-state index contributed by atoms with van der Waals surface area (Å²) in [7, 11) is 0. The Bertz CT molecular complexity index is 540. The van der Waals surface area contributed by atoms with Crippen LogP contribution in [0.5, 0.6) is 0 Å². The zero-order chi connectivity index (χ0) is 14.7. The molecule has 3 N–H and O–H groups in total. The molecule has 0 unspecified atom stereocenters. The van der Waals surface area contributed by atoms with E-state index < -0.39 is 0 Å². The molecule has 2 fully saturated rings. The molecule has 22 heavy (non-hydrogen) atoms. The molecule has 1 aliphatic carbocycles. The molecule has 1 saturated heterocycles. The van der Waals surface area contributed by atoms with Gasteiger partial charge in [-0.15, -0.1) is 12.4 Å². The molecule has 120 valence electrons. The largest absolute Gasteiger partial charge is 0.349 e. The molecule has 2 amide bonds. The average molecular weight is 324 g/mol. The number of halogens is 1. The Morgan fingerprint density at radius 2 is 1.91 bits per heavy atom. The Morgan fingerprint density at radius 1 is 1.14 bits per heavy atom. The molecular formula is C16H22ClN3O2. The number of amides is 2. The van der Waals surface area contributed by atoms with Crippen molar-refractivity contribution in [3.8, 4) is 0 Å². The lowest BCUT2D eigenvalue weighted by molar-refractivity contribution is -0.120.